The predicted octanol–water partition coefficient (Wildman–Crippen LogP) is 6.90. The Morgan fingerprint density at radius 1 is 1.00 bits per heavy atom. The van der Waals surface area contributed by atoms with Gasteiger partial charge in [0, 0.05) is 0 Å². The second-order valence-electron chi connectivity index (χ2n) is 6.88. The van der Waals surface area contributed by atoms with Crippen molar-refractivity contribution < 1.29 is 26.2 Å². The van der Waals surface area contributed by atoms with Gasteiger partial charge in [0.15, 0.2) is 0 Å². The Morgan fingerprint density at radius 3 is 2.38 bits per heavy atom. The number of ether oxygens (including phenoxy) is 1. The van der Waals surface area contributed by atoms with E-state index in [1.54, 1.807) is 16.0 Å². The van der Waals surface area contributed by atoms with Crippen LogP contribution in [0, 0.1) is 0 Å². The minimum Gasteiger partial charge on any atom is -0.147 e. The van der Waals surface area contributed by atoms with Crippen molar-refractivity contribution >= 4 is 24.8 Å². The summed E-state index contributed by atoms with van der Waals surface area (Å²) in [6.45, 7) is 4.89. The molecule has 4 rings (SSSR count). The Labute approximate surface area is 176 Å². The maximum Gasteiger partial charge on any atom is -0.147 e. The standard InChI is InChI=1S/C14H11O.C5H5.C3H7.2ClH.Hf/c1-15-13-8-4-6-11-9-10-5-2-3-7-12(10)14(11)13;1-2-4-5-3-1;1-3-2;;;/h2-9H,1H3;1-3H,4H2;3H,1-2H3;2*1H;. The van der Waals surface area contributed by atoms with E-state index >= 15 is 0 Å². The van der Waals surface area contributed by atoms with E-state index in [0.717, 1.165) is 9.42 Å². The van der Waals surface area contributed by atoms with Crippen molar-refractivity contribution in [3.8, 4) is 16.9 Å². The largest absolute Gasteiger partial charge is 0.147 e. The van der Waals surface area contributed by atoms with E-state index in [1.165, 1.54) is 23.1 Å². The van der Waals surface area contributed by atoms with Crippen molar-refractivity contribution in [3.63, 3.8) is 0 Å². The van der Waals surface area contributed by atoms with Crippen LogP contribution in [0.4, 0.5) is 0 Å². The fourth-order valence-corrected chi connectivity index (χ4v) is 17.2. The summed E-state index contributed by atoms with van der Waals surface area (Å²) in [5.41, 5.74) is 5.79. The van der Waals surface area contributed by atoms with Gasteiger partial charge in [-0.1, -0.05) is 0 Å². The quantitative estimate of drug-likeness (QED) is 0.374. The van der Waals surface area contributed by atoms with Crippen molar-refractivity contribution in [2.45, 2.75) is 27.6 Å². The Hall–Kier alpha value is -0.830. The van der Waals surface area contributed by atoms with Crippen molar-refractivity contribution in [3.05, 3.63) is 75.1 Å². The van der Waals surface area contributed by atoms with Crippen LogP contribution < -0.4 is 4.74 Å². The molecule has 0 aromatic heterocycles. The smallest absolute Gasteiger partial charge is 0.147 e. The van der Waals surface area contributed by atoms with E-state index in [0.29, 0.717) is 3.67 Å². The van der Waals surface area contributed by atoms with E-state index in [1.807, 2.05) is 0 Å². The average Bonchev–Trinajstić information content (AvgIpc) is 3.22. The van der Waals surface area contributed by atoms with Crippen LogP contribution in [0.25, 0.3) is 11.1 Å². The number of hydrogen-bond acceptors (Lipinski definition) is 1. The van der Waals surface area contributed by atoms with Crippen LogP contribution in [0.1, 0.15) is 35.1 Å². The van der Waals surface area contributed by atoms with Gasteiger partial charge >= 0.3 is 153 Å². The van der Waals surface area contributed by atoms with Gasteiger partial charge in [-0.15, -0.1) is 24.8 Å². The summed E-state index contributed by atoms with van der Waals surface area (Å²) in [6, 6.07) is 15.6. The third kappa shape index (κ3) is 3.48. The molecule has 0 spiro atoms. The minimum absolute atomic E-state index is 0. The van der Waals surface area contributed by atoms with Crippen molar-refractivity contribution in [1.82, 2.24) is 0 Å². The first-order valence-electron chi connectivity index (χ1n) is 8.71. The number of methoxy groups -OCH3 is 1. The molecule has 0 N–H and O–H groups in total. The molecule has 0 heterocycles. The maximum atomic E-state index is 5.72. The fourth-order valence-electron chi connectivity index (χ4n) is 4.28. The first-order valence-corrected chi connectivity index (χ1v) is 14.7. The first-order chi connectivity index (χ1) is 11.7. The SMILES string of the molecule is COc1cccc2c1-c1ccccc1[CH]2[Hf]([C]1=CC=CC1)[CH](C)C.Cl.Cl. The van der Waals surface area contributed by atoms with Crippen LogP contribution in [0.15, 0.2) is 64.0 Å². The number of hydrogen-bond donors (Lipinski definition) is 0. The molecule has 0 aliphatic heterocycles. The molecule has 4 heteroatoms. The van der Waals surface area contributed by atoms with Crippen LogP contribution in [0.2, 0.25) is 3.67 Å². The summed E-state index contributed by atoms with van der Waals surface area (Å²) in [7, 11) is 1.79. The number of allylic oxidation sites excluding steroid dienone is 4. The second kappa shape index (κ2) is 8.91. The molecule has 2 aromatic rings. The zero-order valence-electron chi connectivity index (χ0n) is 15.4. The van der Waals surface area contributed by atoms with Gasteiger partial charge in [-0.25, -0.2) is 0 Å². The van der Waals surface area contributed by atoms with Gasteiger partial charge in [-0.3, -0.25) is 0 Å². The van der Waals surface area contributed by atoms with E-state index in [2.05, 4.69) is 74.5 Å². The summed E-state index contributed by atoms with van der Waals surface area (Å²) in [5.74, 6) is 1.02. The van der Waals surface area contributed by atoms with E-state index in [-0.39, 0.29) is 24.8 Å². The Balaban J connectivity index is 0.00000121. The van der Waals surface area contributed by atoms with Crippen LogP contribution in [-0.4, -0.2) is 7.11 Å². The monoisotopic (exact) mass is 555 g/mol. The van der Waals surface area contributed by atoms with Gasteiger partial charge < -0.3 is 0 Å². The normalized spacial score (nSPS) is 16.3. The third-order valence-electron chi connectivity index (χ3n) is 5.21. The van der Waals surface area contributed by atoms with Crippen LogP contribution in [0.3, 0.4) is 0 Å². The molecular formula is C22H25Cl2HfO. The Kier molecular flexibility index (Phi) is 7.35. The molecule has 2 aliphatic rings. The summed E-state index contributed by atoms with van der Waals surface area (Å²) in [4.78, 5) is 0. The summed E-state index contributed by atoms with van der Waals surface area (Å²) < 4.78 is 8.92. The molecule has 0 fully saturated rings. The van der Waals surface area contributed by atoms with Crippen molar-refractivity contribution in [1.29, 1.82) is 0 Å². The van der Waals surface area contributed by atoms with Crippen LogP contribution in [0.5, 0.6) is 5.75 Å². The molecular weight excluding hydrogens is 530 g/mol. The topological polar surface area (TPSA) is 9.23 Å². The van der Waals surface area contributed by atoms with Crippen molar-refractivity contribution in [2.75, 3.05) is 7.11 Å². The fraction of sp³-hybridized carbons (Fsp3) is 0.273. The Bertz CT molecular complexity index is 842. The summed E-state index contributed by atoms with van der Waals surface area (Å²) in [6.07, 6.45) is 8.19. The van der Waals surface area contributed by atoms with Crippen molar-refractivity contribution in [2.24, 2.45) is 0 Å². The van der Waals surface area contributed by atoms with Gasteiger partial charge in [0.05, 0.1) is 0 Å². The maximum absolute atomic E-state index is 5.72. The molecule has 0 saturated carbocycles. The van der Waals surface area contributed by atoms with E-state index in [4.69, 9.17) is 4.74 Å². The molecule has 26 heavy (non-hydrogen) atoms. The summed E-state index contributed by atoms with van der Waals surface area (Å²) in [5, 5.41) is 0. The Morgan fingerprint density at radius 2 is 1.73 bits per heavy atom. The third-order valence-corrected chi connectivity index (χ3v) is 18.1. The second-order valence-corrected chi connectivity index (χ2v) is 18.7. The number of fused-ring (bicyclic) bond motifs is 3. The minimum atomic E-state index is -2.08. The molecule has 137 valence electrons. The van der Waals surface area contributed by atoms with Gasteiger partial charge in [0.1, 0.15) is 0 Å². The number of halogens is 2. The van der Waals surface area contributed by atoms with E-state index in [9.17, 15) is 0 Å². The van der Waals surface area contributed by atoms with Gasteiger partial charge in [0.25, 0.3) is 0 Å². The molecule has 0 saturated heterocycles. The molecule has 0 amide bonds. The molecule has 2 aromatic carbocycles. The molecule has 2 aliphatic carbocycles. The molecule has 0 radical (unpaired) electrons. The number of benzene rings is 2. The van der Waals surface area contributed by atoms with E-state index < -0.39 is 21.4 Å². The van der Waals surface area contributed by atoms with Crippen LogP contribution in [-0.2, 0) is 21.4 Å². The van der Waals surface area contributed by atoms with Gasteiger partial charge in [-0.05, 0) is 0 Å². The molecule has 1 unspecified atom stereocenters. The zero-order chi connectivity index (χ0) is 16.7. The predicted molar refractivity (Wildman–Crippen MR) is 112 cm³/mol. The molecule has 0 bridgehead atoms. The van der Waals surface area contributed by atoms with Crippen LogP contribution >= 0.6 is 24.8 Å². The molecule has 1 nitrogen and oxygen atoms in total. The number of rotatable bonds is 4. The first kappa shape index (κ1) is 21.5. The molecule has 1 atom stereocenters. The van der Waals surface area contributed by atoms with Gasteiger partial charge in [0.2, 0.25) is 0 Å². The van der Waals surface area contributed by atoms with Gasteiger partial charge in [-0.2, -0.15) is 0 Å². The summed E-state index contributed by atoms with van der Waals surface area (Å²) >= 11 is -2.08. The average molecular weight is 555 g/mol. The zero-order valence-corrected chi connectivity index (χ0v) is 20.6.